The van der Waals surface area contributed by atoms with Gasteiger partial charge in [-0.25, -0.2) is 4.98 Å². The first-order chi connectivity index (χ1) is 11.5. The molecule has 128 valence electrons. The third-order valence-electron chi connectivity index (χ3n) is 3.48. The van der Waals surface area contributed by atoms with Crippen LogP contribution in [0.1, 0.15) is 23.4 Å². The van der Waals surface area contributed by atoms with E-state index in [-0.39, 0.29) is 18.5 Å². The van der Waals surface area contributed by atoms with Gasteiger partial charge < -0.3 is 20.6 Å². The second-order valence-corrected chi connectivity index (χ2v) is 6.53. The lowest BCUT2D eigenvalue weighted by molar-refractivity contribution is -0.137. The van der Waals surface area contributed by atoms with Crippen molar-refractivity contribution in [1.29, 1.82) is 5.26 Å². The van der Waals surface area contributed by atoms with Gasteiger partial charge in [-0.15, -0.1) is 11.3 Å². The van der Waals surface area contributed by atoms with Gasteiger partial charge in [-0.2, -0.15) is 5.26 Å². The second kappa shape index (κ2) is 8.42. The number of thiazole rings is 1. The summed E-state index contributed by atoms with van der Waals surface area (Å²) in [6.45, 7) is 2.03. The van der Waals surface area contributed by atoms with Crippen LogP contribution in [0, 0.1) is 11.3 Å². The van der Waals surface area contributed by atoms with Crippen LogP contribution in [0.3, 0.4) is 0 Å². The van der Waals surface area contributed by atoms with Crippen LogP contribution < -0.4 is 10.6 Å². The van der Waals surface area contributed by atoms with Crippen LogP contribution in [-0.2, 0) is 22.6 Å². The normalized spacial score (nSPS) is 14.6. The number of nitrogens with one attached hydrogen (secondary N) is 2. The van der Waals surface area contributed by atoms with Crippen molar-refractivity contribution in [2.75, 3.05) is 25.5 Å². The maximum Gasteiger partial charge on any atom is 0.303 e. The minimum absolute atomic E-state index is 0.0246. The smallest absolute Gasteiger partial charge is 0.303 e. The molecule has 1 aliphatic rings. The number of nitrogens with zero attached hydrogens (tertiary/aromatic N) is 3. The zero-order valence-corrected chi connectivity index (χ0v) is 14.2. The number of amides is 1. The number of hydrogen-bond donors (Lipinski definition) is 3. The number of aromatic nitrogens is 1. The fraction of sp³-hybridized carbons (Fsp3) is 0.467. The van der Waals surface area contributed by atoms with Crippen LogP contribution in [0.25, 0.3) is 0 Å². The first kappa shape index (κ1) is 17.9. The molecule has 0 spiro atoms. The van der Waals surface area contributed by atoms with Gasteiger partial charge in [-0.05, 0) is 13.5 Å². The quantitative estimate of drug-likeness (QED) is 0.381. The Morgan fingerprint density at radius 1 is 1.54 bits per heavy atom. The number of hydrogen-bond acceptors (Lipinski definition) is 7. The Labute approximate surface area is 143 Å². The molecular weight excluding hydrogens is 330 g/mol. The molecule has 2 heterocycles. The van der Waals surface area contributed by atoms with Crippen LogP contribution in [0.15, 0.2) is 11.8 Å². The molecule has 1 amide bonds. The lowest BCUT2D eigenvalue weighted by atomic mass is 10.2. The predicted molar refractivity (Wildman–Crippen MR) is 89.4 cm³/mol. The van der Waals surface area contributed by atoms with Crippen molar-refractivity contribution in [3.8, 4) is 6.07 Å². The zero-order chi connectivity index (χ0) is 17.5. The number of aliphatic carboxylic acids is 1. The summed E-state index contributed by atoms with van der Waals surface area (Å²) in [6, 6.07) is 1.83. The molecule has 0 bridgehead atoms. The van der Waals surface area contributed by atoms with Gasteiger partial charge in [0.1, 0.15) is 11.6 Å². The third kappa shape index (κ3) is 5.04. The Kier molecular flexibility index (Phi) is 6.28. The Morgan fingerprint density at radius 2 is 2.33 bits per heavy atom. The maximum absolute atomic E-state index is 11.9. The average Bonchev–Trinajstić information content (AvgIpc) is 2.93. The van der Waals surface area contributed by atoms with Gasteiger partial charge in [-0.3, -0.25) is 9.59 Å². The van der Waals surface area contributed by atoms with Crippen molar-refractivity contribution in [3.05, 3.63) is 22.3 Å². The molecule has 0 saturated heterocycles. The van der Waals surface area contributed by atoms with E-state index in [0.717, 1.165) is 25.2 Å². The largest absolute Gasteiger partial charge is 0.481 e. The van der Waals surface area contributed by atoms with Gasteiger partial charge >= 0.3 is 5.97 Å². The minimum atomic E-state index is -0.916. The molecule has 9 heteroatoms. The molecule has 8 nitrogen and oxygen atoms in total. The van der Waals surface area contributed by atoms with E-state index in [1.54, 1.807) is 0 Å². The van der Waals surface area contributed by atoms with Crippen LogP contribution in [0.4, 0.5) is 5.13 Å². The minimum Gasteiger partial charge on any atom is -0.481 e. The van der Waals surface area contributed by atoms with Gasteiger partial charge in [-0.1, -0.05) is 0 Å². The van der Waals surface area contributed by atoms with E-state index in [0.29, 0.717) is 11.6 Å². The Bertz CT molecular complexity index is 692. The summed E-state index contributed by atoms with van der Waals surface area (Å²) in [5.41, 5.74) is 0.987. The van der Waals surface area contributed by atoms with Crippen molar-refractivity contribution >= 4 is 28.3 Å². The molecule has 2 rings (SSSR count). The van der Waals surface area contributed by atoms with Crippen LogP contribution in [-0.4, -0.2) is 47.0 Å². The fourth-order valence-electron chi connectivity index (χ4n) is 2.20. The van der Waals surface area contributed by atoms with E-state index in [9.17, 15) is 9.59 Å². The first-order valence-electron chi connectivity index (χ1n) is 7.53. The molecule has 0 atom stereocenters. The lowest BCUT2D eigenvalue weighted by Gasteiger charge is -2.20. The van der Waals surface area contributed by atoms with Crippen LogP contribution >= 0.6 is 11.3 Å². The monoisotopic (exact) mass is 349 g/mol. The Morgan fingerprint density at radius 3 is 3.04 bits per heavy atom. The first-order valence-corrected chi connectivity index (χ1v) is 8.35. The topological polar surface area (TPSA) is 118 Å². The second-order valence-electron chi connectivity index (χ2n) is 5.44. The standard InChI is InChI=1S/C15H19N5O3S/c1-20-6-4-11-12(9-20)24-15(19-11)18-8-10(7-16)14(23)17-5-2-3-13(21)22/h8H,2-6,9H2,1H3,(H,17,23)(H,18,19)(H,21,22)/b10-8-. The molecule has 1 aromatic rings. The summed E-state index contributed by atoms with van der Waals surface area (Å²) in [7, 11) is 2.05. The van der Waals surface area contributed by atoms with Gasteiger partial charge in [0.15, 0.2) is 5.13 Å². The molecule has 0 aliphatic carbocycles. The molecule has 0 radical (unpaired) electrons. The summed E-state index contributed by atoms with van der Waals surface area (Å²) >= 11 is 1.51. The van der Waals surface area contributed by atoms with Crippen LogP contribution in [0.5, 0.6) is 0 Å². The number of carbonyl (C=O) groups excluding carboxylic acids is 1. The summed E-state index contributed by atoms with van der Waals surface area (Å²) in [4.78, 5) is 30.1. The fourth-order valence-corrected chi connectivity index (χ4v) is 3.26. The number of carboxylic acid groups (broad SMARTS) is 1. The number of likely N-dealkylation sites (N-methyl/N-ethyl adjacent to an activating group) is 1. The molecule has 1 aromatic heterocycles. The molecule has 24 heavy (non-hydrogen) atoms. The molecule has 3 N–H and O–H groups in total. The van der Waals surface area contributed by atoms with Crippen molar-refractivity contribution < 1.29 is 14.7 Å². The molecule has 0 fully saturated rings. The zero-order valence-electron chi connectivity index (χ0n) is 13.3. The SMILES string of the molecule is CN1CCc2nc(N/C=C(/C#N)C(=O)NCCCC(=O)O)sc2C1. The number of carboxylic acids is 1. The van der Waals surface area contributed by atoms with Gasteiger partial charge in [0.05, 0.1) is 5.69 Å². The number of nitriles is 1. The van der Waals surface area contributed by atoms with Crippen LogP contribution in [0.2, 0.25) is 0 Å². The van der Waals surface area contributed by atoms with Gasteiger partial charge in [0.2, 0.25) is 0 Å². The highest BCUT2D eigenvalue weighted by atomic mass is 32.1. The highest BCUT2D eigenvalue weighted by Gasteiger charge is 2.18. The molecular formula is C15H19N5O3S. The molecule has 0 aromatic carbocycles. The van der Waals surface area contributed by atoms with E-state index >= 15 is 0 Å². The van der Waals surface area contributed by atoms with Crippen molar-refractivity contribution in [2.45, 2.75) is 25.8 Å². The van der Waals surface area contributed by atoms with E-state index in [1.807, 2.05) is 6.07 Å². The predicted octanol–water partition coefficient (Wildman–Crippen LogP) is 0.931. The Balaban J connectivity index is 1.90. The van der Waals surface area contributed by atoms with Gasteiger partial charge in [0.25, 0.3) is 5.91 Å². The van der Waals surface area contributed by atoms with Crippen molar-refractivity contribution in [2.24, 2.45) is 0 Å². The molecule has 1 aliphatic heterocycles. The van der Waals surface area contributed by atoms with Crippen molar-refractivity contribution in [3.63, 3.8) is 0 Å². The summed E-state index contributed by atoms with van der Waals surface area (Å²) in [5.74, 6) is -1.45. The van der Waals surface area contributed by atoms with E-state index in [1.165, 1.54) is 22.4 Å². The van der Waals surface area contributed by atoms with E-state index < -0.39 is 11.9 Å². The maximum atomic E-state index is 11.9. The van der Waals surface area contributed by atoms with Gasteiger partial charge in [0, 0.05) is 43.6 Å². The lowest BCUT2D eigenvalue weighted by Crippen LogP contribution is -2.26. The highest BCUT2D eigenvalue weighted by Crippen LogP contribution is 2.27. The number of carbonyl (C=O) groups is 2. The summed E-state index contributed by atoms with van der Waals surface area (Å²) < 4.78 is 0. The highest BCUT2D eigenvalue weighted by molar-refractivity contribution is 7.15. The third-order valence-corrected chi connectivity index (χ3v) is 4.49. The number of anilines is 1. The summed E-state index contributed by atoms with van der Waals surface area (Å²) in [5, 5.41) is 23.7. The molecule has 0 saturated carbocycles. The number of rotatable bonds is 7. The number of fused-ring (bicyclic) bond motifs is 1. The van der Waals surface area contributed by atoms with E-state index in [4.69, 9.17) is 10.4 Å². The van der Waals surface area contributed by atoms with E-state index in [2.05, 4.69) is 27.6 Å². The molecule has 0 unspecified atom stereocenters. The summed E-state index contributed by atoms with van der Waals surface area (Å²) in [6.07, 6.45) is 2.52. The average molecular weight is 349 g/mol. The van der Waals surface area contributed by atoms with Crippen molar-refractivity contribution in [1.82, 2.24) is 15.2 Å². The Hall–Kier alpha value is -2.44.